The highest BCUT2D eigenvalue weighted by molar-refractivity contribution is 7.98. The number of carbonyl (C=O) groups is 1. The molecule has 1 aliphatic carbocycles. The Morgan fingerprint density at radius 1 is 1.56 bits per heavy atom. The van der Waals surface area contributed by atoms with Gasteiger partial charge in [-0.3, -0.25) is 9.78 Å². The maximum absolute atomic E-state index is 12.1. The van der Waals surface area contributed by atoms with Crippen LogP contribution in [0.3, 0.4) is 0 Å². The quantitative estimate of drug-likeness (QED) is 0.806. The van der Waals surface area contributed by atoms with E-state index in [0.29, 0.717) is 12.6 Å². The number of carbonyl (C=O) groups excluding carboxylic acids is 1. The Hall–Kier alpha value is -1.14. The molecule has 1 aromatic heterocycles. The summed E-state index contributed by atoms with van der Waals surface area (Å²) < 4.78 is 0. The highest BCUT2D eigenvalue weighted by Gasteiger charge is 2.34. The van der Waals surface area contributed by atoms with Gasteiger partial charge in [-0.15, -0.1) is 11.8 Å². The van der Waals surface area contributed by atoms with Crippen molar-refractivity contribution in [3.05, 3.63) is 18.1 Å². The topological polar surface area (TPSA) is 72.1 Å². The number of thioether (sulfide) groups is 1. The Labute approximate surface area is 111 Å². The third-order valence-electron chi connectivity index (χ3n) is 2.91. The first-order chi connectivity index (χ1) is 8.63. The Kier molecular flexibility index (Phi) is 4.19. The Balaban J connectivity index is 2.16. The lowest BCUT2D eigenvalue weighted by Gasteiger charge is -2.24. The maximum atomic E-state index is 12.1. The van der Waals surface area contributed by atoms with Crippen LogP contribution in [0.4, 0.5) is 0 Å². The number of hydrogen-bond acceptors (Lipinski definition) is 5. The largest absolute Gasteiger partial charge is 0.332 e. The van der Waals surface area contributed by atoms with E-state index in [1.807, 2.05) is 11.2 Å². The highest BCUT2D eigenvalue weighted by Crippen LogP contribution is 2.29. The van der Waals surface area contributed by atoms with Crippen molar-refractivity contribution in [3.8, 4) is 0 Å². The minimum atomic E-state index is -0.458. The van der Waals surface area contributed by atoms with Crippen LogP contribution in [0.15, 0.2) is 17.4 Å². The second-order valence-electron chi connectivity index (χ2n) is 4.50. The average Bonchev–Trinajstić information content (AvgIpc) is 3.19. The molecule has 6 heteroatoms. The van der Waals surface area contributed by atoms with Crippen LogP contribution in [0.25, 0.3) is 0 Å². The van der Waals surface area contributed by atoms with Gasteiger partial charge in [-0.25, -0.2) is 4.98 Å². The number of nitrogens with zero attached hydrogens (tertiary/aromatic N) is 3. The maximum Gasteiger partial charge on any atom is 0.239 e. The Morgan fingerprint density at radius 3 is 2.78 bits per heavy atom. The van der Waals surface area contributed by atoms with Crippen LogP contribution in [-0.2, 0) is 11.3 Å². The van der Waals surface area contributed by atoms with Gasteiger partial charge in [-0.2, -0.15) is 0 Å². The molecule has 2 rings (SSSR count). The number of rotatable bonds is 5. The van der Waals surface area contributed by atoms with Crippen molar-refractivity contribution < 1.29 is 4.79 Å². The molecular weight excluding hydrogens is 248 g/mol. The first-order valence-electron chi connectivity index (χ1n) is 6.03. The van der Waals surface area contributed by atoms with Gasteiger partial charge in [0.25, 0.3) is 0 Å². The van der Waals surface area contributed by atoms with Crippen molar-refractivity contribution in [2.45, 2.75) is 43.4 Å². The molecule has 0 spiro atoms. The van der Waals surface area contributed by atoms with Crippen LogP contribution >= 0.6 is 11.8 Å². The van der Waals surface area contributed by atoms with Gasteiger partial charge >= 0.3 is 0 Å². The van der Waals surface area contributed by atoms with Crippen molar-refractivity contribution in [1.82, 2.24) is 14.9 Å². The molecule has 0 aliphatic heterocycles. The molecule has 98 valence electrons. The molecule has 1 atom stereocenters. The van der Waals surface area contributed by atoms with E-state index in [4.69, 9.17) is 5.73 Å². The standard InChI is InChI=1S/C12H18N4OS/c1-8(13)12(17)16(9-3-4-9)7-10-11(18-2)15-6-5-14-10/h5-6,8-9H,3-4,7,13H2,1-2H3/t8-/m0/s1. The Morgan fingerprint density at radius 2 is 2.22 bits per heavy atom. The average molecular weight is 266 g/mol. The molecule has 18 heavy (non-hydrogen) atoms. The second kappa shape index (κ2) is 5.67. The monoisotopic (exact) mass is 266 g/mol. The summed E-state index contributed by atoms with van der Waals surface area (Å²) in [7, 11) is 0. The zero-order chi connectivity index (χ0) is 13.1. The van der Waals surface area contributed by atoms with Gasteiger partial charge in [0, 0.05) is 18.4 Å². The summed E-state index contributed by atoms with van der Waals surface area (Å²) >= 11 is 1.55. The SMILES string of the molecule is CSc1nccnc1CN(C(=O)[C@H](C)N)C1CC1. The molecule has 1 aromatic rings. The predicted octanol–water partition coefficient (Wildman–Crippen LogP) is 1.04. The lowest BCUT2D eigenvalue weighted by atomic mass is 10.2. The van der Waals surface area contributed by atoms with Gasteiger partial charge in [-0.1, -0.05) is 0 Å². The minimum Gasteiger partial charge on any atom is -0.332 e. The second-order valence-corrected chi connectivity index (χ2v) is 5.29. The van der Waals surface area contributed by atoms with E-state index in [2.05, 4.69) is 9.97 Å². The summed E-state index contributed by atoms with van der Waals surface area (Å²) in [6.07, 6.45) is 7.42. The van der Waals surface area contributed by atoms with Crippen molar-refractivity contribution in [2.24, 2.45) is 5.73 Å². The van der Waals surface area contributed by atoms with Crippen molar-refractivity contribution in [3.63, 3.8) is 0 Å². The molecule has 5 nitrogen and oxygen atoms in total. The van der Waals surface area contributed by atoms with Crippen LogP contribution in [0.1, 0.15) is 25.5 Å². The molecule has 1 saturated carbocycles. The van der Waals surface area contributed by atoms with Gasteiger partial charge in [0.05, 0.1) is 18.3 Å². The van der Waals surface area contributed by atoms with Gasteiger partial charge in [-0.05, 0) is 26.0 Å². The minimum absolute atomic E-state index is 0.00444. The molecule has 1 amide bonds. The molecule has 0 bridgehead atoms. The van der Waals surface area contributed by atoms with E-state index in [9.17, 15) is 4.79 Å². The van der Waals surface area contributed by atoms with E-state index in [1.165, 1.54) is 0 Å². The molecule has 1 fully saturated rings. The zero-order valence-corrected chi connectivity index (χ0v) is 11.5. The van der Waals surface area contributed by atoms with Gasteiger partial charge in [0.15, 0.2) is 0 Å². The van der Waals surface area contributed by atoms with Crippen molar-refractivity contribution in [2.75, 3.05) is 6.26 Å². The molecule has 0 unspecified atom stereocenters. The third-order valence-corrected chi connectivity index (χ3v) is 3.64. The van der Waals surface area contributed by atoms with E-state index in [-0.39, 0.29) is 5.91 Å². The molecule has 0 aromatic carbocycles. The van der Waals surface area contributed by atoms with E-state index in [0.717, 1.165) is 23.6 Å². The molecule has 0 saturated heterocycles. The van der Waals surface area contributed by atoms with Crippen LogP contribution in [0.5, 0.6) is 0 Å². The summed E-state index contributed by atoms with van der Waals surface area (Å²) in [4.78, 5) is 22.5. The summed E-state index contributed by atoms with van der Waals surface area (Å²) in [5.41, 5.74) is 6.55. The summed E-state index contributed by atoms with van der Waals surface area (Å²) in [6.45, 7) is 2.24. The molecular formula is C12H18N4OS. The summed E-state index contributed by atoms with van der Waals surface area (Å²) in [6, 6.07) is -0.125. The fourth-order valence-corrected chi connectivity index (χ4v) is 2.35. The highest BCUT2D eigenvalue weighted by atomic mass is 32.2. The van der Waals surface area contributed by atoms with Gasteiger partial charge in [0.2, 0.25) is 5.91 Å². The zero-order valence-electron chi connectivity index (χ0n) is 10.7. The van der Waals surface area contributed by atoms with E-state index >= 15 is 0 Å². The first-order valence-corrected chi connectivity index (χ1v) is 7.26. The normalized spacial score (nSPS) is 16.4. The van der Waals surface area contributed by atoms with Crippen LogP contribution in [0, 0.1) is 0 Å². The summed E-state index contributed by atoms with van der Waals surface area (Å²) in [5, 5.41) is 0.876. The van der Waals surface area contributed by atoms with Crippen LogP contribution in [0.2, 0.25) is 0 Å². The lowest BCUT2D eigenvalue weighted by Crippen LogP contribution is -2.43. The molecule has 2 N–H and O–H groups in total. The molecule has 1 aliphatic rings. The van der Waals surface area contributed by atoms with Crippen LogP contribution in [-0.4, -0.2) is 39.1 Å². The predicted molar refractivity (Wildman–Crippen MR) is 71.0 cm³/mol. The molecule has 0 radical (unpaired) electrons. The lowest BCUT2D eigenvalue weighted by molar-refractivity contribution is -0.133. The van der Waals surface area contributed by atoms with E-state index < -0.39 is 6.04 Å². The number of hydrogen-bond donors (Lipinski definition) is 1. The number of amides is 1. The van der Waals surface area contributed by atoms with Crippen molar-refractivity contribution >= 4 is 17.7 Å². The van der Waals surface area contributed by atoms with Gasteiger partial charge in [0.1, 0.15) is 5.03 Å². The Bertz CT molecular complexity index is 434. The fraction of sp³-hybridized carbons (Fsp3) is 0.583. The van der Waals surface area contributed by atoms with E-state index in [1.54, 1.807) is 31.1 Å². The van der Waals surface area contributed by atoms with Crippen LogP contribution < -0.4 is 5.73 Å². The first kappa shape index (κ1) is 13.3. The summed E-state index contributed by atoms with van der Waals surface area (Å²) in [5.74, 6) is -0.00444. The smallest absolute Gasteiger partial charge is 0.239 e. The van der Waals surface area contributed by atoms with Gasteiger partial charge < -0.3 is 10.6 Å². The number of nitrogens with two attached hydrogens (primary N) is 1. The van der Waals surface area contributed by atoms with Crippen molar-refractivity contribution in [1.29, 1.82) is 0 Å². The molecule has 1 heterocycles. The third kappa shape index (κ3) is 3.00. The fourth-order valence-electron chi connectivity index (χ4n) is 1.83. The number of aromatic nitrogens is 2.